The SMILES string of the molecule is COC1C=C(CC[C@]2(C)[C@@H](C)CC[C@@]3(C)C(CO)=CCC[C@@H]23)C(=O)O1. The largest absolute Gasteiger partial charge is 0.429 e. The number of cyclic esters (lactones) is 1. The molecule has 1 aliphatic heterocycles. The predicted octanol–water partition coefficient (Wildman–Crippen LogP) is 3.99. The molecule has 2 aliphatic carbocycles. The Morgan fingerprint density at radius 1 is 1.36 bits per heavy atom. The van der Waals surface area contributed by atoms with E-state index in [1.165, 1.54) is 18.4 Å². The third kappa shape index (κ3) is 3.08. The average molecular weight is 348 g/mol. The number of hydrogen-bond acceptors (Lipinski definition) is 4. The lowest BCUT2D eigenvalue weighted by Crippen LogP contribution is -2.50. The summed E-state index contributed by atoms with van der Waals surface area (Å²) in [6.07, 6.45) is 9.81. The normalized spacial score (nSPS) is 41.0. The molecule has 0 amide bonds. The van der Waals surface area contributed by atoms with E-state index in [4.69, 9.17) is 9.47 Å². The molecule has 0 aromatic heterocycles. The van der Waals surface area contributed by atoms with Crippen LogP contribution in [0.1, 0.15) is 59.3 Å². The van der Waals surface area contributed by atoms with E-state index in [0.29, 0.717) is 11.8 Å². The van der Waals surface area contributed by atoms with Crippen LogP contribution in [0.2, 0.25) is 0 Å². The first-order valence-electron chi connectivity index (χ1n) is 9.60. The molecule has 1 saturated carbocycles. The fourth-order valence-corrected chi connectivity index (χ4v) is 5.60. The fourth-order valence-electron chi connectivity index (χ4n) is 5.60. The first kappa shape index (κ1) is 18.7. The van der Waals surface area contributed by atoms with Crippen molar-refractivity contribution in [1.82, 2.24) is 0 Å². The molecule has 0 saturated heterocycles. The first-order chi connectivity index (χ1) is 11.8. The monoisotopic (exact) mass is 348 g/mol. The van der Waals surface area contributed by atoms with Crippen LogP contribution in [0.25, 0.3) is 0 Å². The van der Waals surface area contributed by atoms with Crippen molar-refractivity contribution in [2.75, 3.05) is 13.7 Å². The van der Waals surface area contributed by atoms with Crippen LogP contribution in [0.4, 0.5) is 0 Å². The highest BCUT2D eigenvalue weighted by Gasteiger charge is 2.53. The summed E-state index contributed by atoms with van der Waals surface area (Å²) in [5.74, 6) is 0.924. The van der Waals surface area contributed by atoms with Gasteiger partial charge in [0.25, 0.3) is 0 Å². The minimum absolute atomic E-state index is 0.0912. The lowest BCUT2D eigenvalue weighted by Gasteiger charge is -2.58. The second-order valence-corrected chi connectivity index (χ2v) is 8.58. The highest BCUT2D eigenvalue weighted by molar-refractivity contribution is 5.90. The predicted molar refractivity (Wildman–Crippen MR) is 96.7 cm³/mol. The van der Waals surface area contributed by atoms with Crippen LogP contribution in [0.5, 0.6) is 0 Å². The molecule has 0 aromatic carbocycles. The third-order valence-corrected chi connectivity index (χ3v) is 7.53. The molecule has 1 fully saturated rings. The standard InChI is InChI=1S/C21H32O4/c1-14-8-10-21(3)16(13-22)6-5-7-17(21)20(14,2)11-9-15-12-18(24-4)25-19(15)23/h6,12,14,17-18,22H,5,7-11,13H2,1-4H3/t14-,17-,18?,20+,21-/m0/s1. The lowest BCUT2D eigenvalue weighted by molar-refractivity contribution is -0.155. The molecule has 3 rings (SSSR count). The van der Waals surface area contributed by atoms with Gasteiger partial charge in [-0.2, -0.15) is 0 Å². The quantitative estimate of drug-likeness (QED) is 0.603. The molecule has 0 radical (unpaired) electrons. The molecule has 0 bridgehead atoms. The number of ether oxygens (including phenoxy) is 2. The van der Waals surface area contributed by atoms with E-state index in [1.807, 2.05) is 6.08 Å². The molecule has 0 spiro atoms. The number of carbonyl (C=O) groups excluding carboxylic acids is 1. The van der Waals surface area contributed by atoms with E-state index in [-0.39, 0.29) is 23.4 Å². The molecule has 1 N–H and O–H groups in total. The van der Waals surface area contributed by atoms with Gasteiger partial charge in [0.15, 0.2) is 0 Å². The maximum Gasteiger partial charge on any atom is 0.336 e. The van der Waals surface area contributed by atoms with E-state index in [0.717, 1.165) is 31.3 Å². The van der Waals surface area contributed by atoms with Gasteiger partial charge >= 0.3 is 5.97 Å². The van der Waals surface area contributed by atoms with E-state index in [9.17, 15) is 9.90 Å². The van der Waals surface area contributed by atoms with Crippen molar-refractivity contribution in [2.24, 2.45) is 22.7 Å². The summed E-state index contributed by atoms with van der Waals surface area (Å²) >= 11 is 0. The van der Waals surface area contributed by atoms with Gasteiger partial charge in [-0.05, 0) is 72.8 Å². The van der Waals surface area contributed by atoms with E-state index in [2.05, 4.69) is 26.8 Å². The highest BCUT2D eigenvalue weighted by Crippen LogP contribution is 2.61. The van der Waals surface area contributed by atoms with Crippen molar-refractivity contribution in [3.05, 3.63) is 23.3 Å². The third-order valence-electron chi connectivity index (χ3n) is 7.53. The van der Waals surface area contributed by atoms with Crippen molar-refractivity contribution < 1.29 is 19.4 Å². The molecule has 4 nitrogen and oxygen atoms in total. The highest BCUT2D eigenvalue weighted by atomic mass is 16.7. The zero-order valence-electron chi connectivity index (χ0n) is 16.0. The van der Waals surface area contributed by atoms with Crippen molar-refractivity contribution in [2.45, 2.75) is 65.6 Å². The topological polar surface area (TPSA) is 55.8 Å². The van der Waals surface area contributed by atoms with Gasteiger partial charge in [0.2, 0.25) is 6.29 Å². The summed E-state index contributed by atoms with van der Waals surface area (Å²) in [5.41, 5.74) is 2.23. The molecular formula is C21H32O4. The number of hydrogen-bond donors (Lipinski definition) is 1. The van der Waals surface area contributed by atoms with Crippen molar-refractivity contribution in [3.8, 4) is 0 Å². The van der Waals surface area contributed by atoms with E-state index in [1.54, 1.807) is 7.11 Å². The average Bonchev–Trinajstić information content (AvgIpc) is 2.97. The van der Waals surface area contributed by atoms with Crippen LogP contribution in [0.15, 0.2) is 23.3 Å². The Kier molecular flexibility index (Phi) is 5.13. The number of methoxy groups -OCH3 is 1. The van der Waals surface area contributed by atoms with Crippen LogP contribution >= 0.6 is 0 Å². The number of esters is 1. The van der Waals surface area contributed by atoms with Gasteiger partial charge in [-0.3, -0.25) is 0 Å². The summed E-state index contributed by atoms with van der Waals surface area (Å²) in [7, 11) is 1.55. The van der Waals surface area contributed by atoms with E-state index >= 15 is 0 Å². The van der Waals surface area contributed by atoms with Crippen LogP contribution in [0.3, 0.4) is 0 Å². The Morgan fingerprint density at radius 2 is 2.12 bits per heavy atom. The lowest BCUT2D eigenvalue weighted by atomic mass is 9.47. The van der Waals surface area contributed by atoms with Gasteiger partial charge in [-0.25, -0.2) is 4.79 Å². The molecule has 0 aromatic rings. The van der Waals surface area contributed by atoms with Crippen molar-refractivity contribution in [3.63, 3.8) is 0 Å². The molecular weight excluding hydrogens is 316 g/mol. The number of allylic oxidation sites excluding steroid dienone is 1. The Balaban J connectivity index is 1.81. The molecule has 3 aliphatic rings. The summed E-state index contributed by atoms with van der Waals surface area (Å²) in [5, 5.41) is 9.87. The summed E-state index contributed by atoms with van der Waals surface area (Å²) in [6.45, 7) is 7.27. The van der Waals surface area contributed by atoms with Crippen LogP contribution in [-0.4, -0.2) is 31.1 Å². The maximum absolute atomic E-state index is 12.0. The van der Waals surface area contributed by atoms with Crippen molar-refractivity contribution >= 4 is 5.97 Å². The van der Waals surface area contributed by atoms with Gasteiger partial charge < -0.3 is 14.6 Å². The molecule has 4 heteroatoms. The second-order valence-electron chi connectivity index (χ2n) is 8.58. The molecule has 1 unspecified atom stereocenters. The van der Waals surface area contributed by atoms with Crippen LogP contribution in [0, 0.1) is 22.7 Å². The van der Waals surface area contributed by atoms with Crippen LogP contribution < -0.4 is 0 Å². The molecule has 140 valence electrons. The number of aliphatic hydroxyl groups excluding tert-OH is 1. The Labute approximate surface area is 151 Å². The van der Waals surface area contributed by atoms with E-state index < -0.39 is 6.29 Å². The maximum atomic E-state index is 12.0. The van der Waals surface area contributed by atoms with Gasteiger partial charge in [0, 0.05) is 12.7 Å². The van der Waals surface area contributed by atoms with Gasteiger partial charge in [-0.1, -0.05) is 26.8 Å². The van der Waals surface area contributed by atoms with Crippen LogP contribution in [-0.2, 0) is 14.3 Å². The number of aliphatic hydroxyl groups is 1. The number of carbonyl (C=O) groups is 1. The second kappa shape index (κ2) is 6.88. The van der Waals surface area contributed by atoms with Gasteiger partial charge in [0.1, 0.15) is 0 Å². The smallest absolute Gasteiger partial charge is 0.336 e. The molecule has 25 heavy (non-hydrogen) atoms. The van der Waals surface area contributed by atoms with Crippen molar-refractivity contribution in [1.29, 1.82) is 0 Å². The minimum Gasteiger partial charge on any atom is -0.429 e. The Bertz CT molecular complexity index is 593. The Morgan fingerprint density at radius 3 is 2.76 bits per heavy atom. The molecule has 1 heterocycles. The Hall–Kier alpha value is -1.13. The number of rotatable bonds is 5. The van der Waals surface area contributed by atoms with Gasteiger partial charge in [0.05, 0.1) is 6.61 Å². The minimum atomic E-state index is -0.525. The zero-order chi connectivity index (χ0) is 18.2. The summed E-state index contributed by atoms with van der Waals surface area (Å²) < 4.78 is 10.3. The fraction of sp³-hybridized carbons (Fsp3) is 0.762. The van der Waals surface area contributed by atoms with Gasteiger partial charge in [-0.15, -0.1) is 0 Å². The zero-order valence-corrected chi connectivity index (χ0v) is 16.0. The summed E-state index contributed by atoms with van der Waals surface area (Å²) in [4.78, 5) is 12.0. The first-order valence-corrected chi connectivity index (χ1v) is 9.60. The molecule has 5 atom stereocenters. The summed E-state index contributed by atoms with van der Waals surface area (Å²) in [6, 6.07) is 0. The number of fused-ring (bicyclic) bond motifs is 1.